The predicted molar refractivity (Wildman–Crippen MR) is 79.5 cm³/mol. The molecular weight excluding hydrogens is 386 g/mol. The van der Waals surface area contributed by atoms with Gasteiger partial charge in [0.05, 0.1) is 20.2 Å². The molecule has 5 nitrogen and oxygen atoms in total. The lowest BCUT2D eigenvalue weighted by atomic mass is 10.2. The van der Waals surface area contributed by atoms with E-state index in [2.05, 4.69) is 0 Å². The van der Waals surface area contributed by atoms with Gasteiger partial charge in [-0.3, -0.25) is 0 Å². The summed E-state index contributed by atoms with van der Waals surface area (Å²) in [7, 11) is -7.84. The summed E-state index contributed by atoms with van der Waals surface area (Å²) in [5, 5.41) is 0. The van der Waals surface area contributed by atoms with Crippen LogP contribution in [0.15, 0.2) is 57.2 Å². The molecule has 0 saturated carbocycles. The molecule has 0 radical (unpaired) electrons. The minimum absolute atomic E-state index is 0.327. The van der Waals surface area contributed by atoms with Gasteiger partial charge in [-0.25, -0.2) is 25.9 Å². The van der Waals surface area contributed by atoms with Crippen LogP contribution in [0.1, 0.15) is 5.56 Å². The summed E-state index contributed by atoms with van der Waals surface area (Å²) in [5.41, 5.74) is -1.44. The fourth-order valence-corrected chi connectivity index (χ4v) is 4.12. The molecule has 0 aliphatic heterocycles. The standard InChI is InChI=1S/C14H11F4NO4S2/c1-19-25(22,23)13-7-9(14(16,17)18)6-12(8-13)24(20,21)11-4-2-10(15)3-5-11/h2-8,19H,1H3. The van der Waals surface area contributed by atoms with Gasteiger partial charge in [0.1, 0.15) is 5.82 Å². The van der Waals surface area contributed by atoms with Crippen molar-refractivity contribution in [3.05, 3.63) is 53.8 Å². The molecule has 2 aromatic carbocycles. The van der Waals surface area contributed by atoms with Crippen molar-refractivity contribution in [1.29, 1.82) is 0 Å². The van der Waals surface area contributed by atoms with Gasteiger partial charge in [0.15, 0.2) is 0 Å². The summed E-state index contributed by atoms with van der Waals surface area (Å²) in [6, 6.07) is 4.66. The third-order valence-corrected chi connectivity index (χ3v) is 6.36. The molecule has 0 aliphatic carbocycles. The van der Waals surface area contributed by atoms with Crippen LogP contribution in [0, 0.1) is 5.82 Å². The number of alkyl halides is 3. The van der Waals surface area contributed by atoms with Gasteiger partial charge in [0.2, 0.25) is 19.9 Å². The number of sulfonamides is 1. The number of hydrogen-bond acceptors (Lipinski definition) is 4. The summed E-state index contributed by atoms with van der Waals surface area (Å²) in [6.07, 6.45) is -4.97. The molecule has 0 saturated heterocycles. The Kier molecular flexibility index (Phi) is 4.94. The molecule has 2 rings (SSSR count). The number of hydrogen-bond donors (Lipinski definition) is 1. The fourth-order valence-electron chi connectivity index (χ4n) is 1.91. The number of nitrogens with one attached hydrogen (secondary N) is 1. The van der Waals surface area contributed by atoms with E-state index in [9.17, 15) is 34.4 Å². The monoisotopic (exact) mass is 397 g/mol. The second kappa shape index (κ2) is 6.39. The molecule has 2 aromatic rings. The van der Waals surface area contributed by atoms with Crippen molar-refractivity contribution in [1.82, 2.24) is 4.72 Å². The Morgan fingerprint density at radius 2 is 1.36 bits per heavy atom. The molecule has 0 fully saturated rings. The topological polar surface area (TPSA) is 80.3 Å². The van der Waals surface area contributed by atoms with Crippen molar-refractivity contribution < 1.29 is 34.4 Å². The molecular formula is C14H11F4NO4S2. The maximum Gasteiger partial charge on any atom is 0.416 e. The van der Waals surface area contributed by atoms with Crippen LogP contribution in [0.25, 0.3) is 0 Å². The van der Waals surface area contributed by atoms with Gasteiger partial charge in [-0.05, 0) is 49.5 Å². The van der Waals surface area contributed by atoms with E-state index in [0.717, 1.165) is 31.3 Å². The van der Waals surface area contributed by atoms with E-state index in [0.29, 0.717) is 18.2 Å². The van der Waals surface area contributed by atoms with Gasteiger partial charge in [0.25, 0.3) is 0 Å². The third-order valence-electron chi connectivity index (χ3n) is 3.22. The average Bonchev–Trinajstić information content (AvgIpc) is 2.54. The normalized spacial score (nSPS) is 13.0. The van der Waals surface area contributed by atoms with Crippen LogP contribution < -0.4 is 4.72 Å². The highest BCUT2D eigenvalue weighted by atomic mass is 32.2. The van der Waals surface area contributed by atoms with E-state index in [1.165, 1.54) is 0 Å². The van der Waals surface area contributed by atoms with E-state index in [1.54, 1.807) is 0 Å². The minimum atomic E-state index is -4.97. The van der Waals surface area contributed by atoms with E-state index >= 15 is 0 Å². The summed E-state index contributed by atoms with van der Waals surface area (Å²) in [6.45, 7) is 0. The van der Waals surface area contributed by atoms with Gasteiger partial charge in [-0.1, -0.05) is 0 Å². The zero-order valence-electron chi connectivity index (χ0n) is 12.5. The molecule has 0 unspecified atom stereocenters. The first-order chi connectivity index (χ1) is 11.4. The smallest absolute Gasteiger partial charge is 0.219 e. The number of sulfone groups is 1. The summed E-state index contributed by atoms with van der Waals surface area (Å²) in [4.78, 5) is -2.20. The molecule has 11 heteroatoms. The Morgan fingerprint density at radius 3 is 1.84 bits per heavy atom. The molecule has 0 amide bonds. The molecule has 25 heavy (non-hydrogen) atoms. The Morgan fingerprint density at radius 1 is 0.840 bits per heavy atom. The van der Waals surface area contributed by atoms with Crippen LogP contribution in [-0.2, 0) is 26.0 Å². The lowest BCUT2D eigenvalue weighted by molar-refractivity contribution is -0.137. The zero-order chi connectivity index (χ0) is 19.0. The van der Waals surface area contributed by atoms with Gasteiger partial charge in [-0.2, -0.15) is 13.2 Å². The molecule has 0 spiro atoms. The van der Waals surface area contributed by atoms with E-state index in [-0.39, 0.29) is 0 Å². The average molecular weight is 397 g/mol. The molecule has 0 heterocycles. The molecule has 0 aromatic heterocycles. The van der Waals surface area contributed by atoms with E-state index in [1.807, 2.05) is 4.72 Å². The van der Waals surface area contributed by atoms with Crippen LogP contribution in [0.5, 0.6) is 0 Å². The second-order valence-corrected chi connectivity index (χ2v) is 8.69. The predicted octanol–water partition coefficient (Wildman–Crippen LogP) is 2.59. The van der Waals surface area contributed by atoms with Crippen molar-refractivity contribution in [3.63, 3.8) is 0 Å². The lowest BCUT2D eigenvalue weighted by Gasteiger charge is -2.13. The lowest BCUT2D eigenvalue weighted by Crippen LogP contribution is -2.20. The van der Waals surface area contributed by atoms with Crippen molar-refractivity contribution in [3.8, 4) is 0 Å². The van der Waals surface area contributed by atoms with Crippen LogP contribution >= 0.6 is 0 Å². The van der Waals surface area contributed by atoms with Gasteiger partial charge in [0, 0.05) is 0 Å². The molecule has 136 valence electrons. The van der Waals surface area contributed by atoms with Gasteiger partial charge in [-0.15, -0.1) is 0 Å². The number of benzene rings is 2. The van der Waals surface area contributed by atoms with Crippen molar-refractivity contribution >= 4 is 19.9 Å². The highest BCUT2D eigenvalue weighted by Gasteiger charge is 2.34. The van der Waals surface area contributed by atoms with E-state index in [4.69, 9.17) is 0 Å². The Bertz CT molecular complexity index is 998. The maximum absolute atomic E-state index is 13.0. The zero-order valence-corrected chi connectivity index (χ0v) is 14.1. The SMILES string of the molecule is CNS(=O)(=O)c1cc(C(F)(F)F)cc(S(=O)(=O)c2ccc(F)cc2)c1. The van der Waals surface area contributed by atoms with Crippen LogP contribution in [-0.4, -0.2) is 23.9 Å². The van der Waals surface area contributed by atoms with Crippen molar-refractivity contribution in [2.75, 3.05) is 7.05 Å². The number of halogens is 4. The van der Waals surface area contributed by atoms with Crippen molar-refractivity contribution in [2.24, 2.45) is 0 Å². The Balaban J connectivity index is 2.76. The molecule has 0 aliphatic rings. The Labute approximate surface area is 141 Å². The summed E-state index contributed by atoms with van der Waals surface area (Å²) < 4.78 is 102. The third kappa shape index (κ3) is 3.99. The van der Waals surface area contributed by atoms with Crippen molar-refractivity contribution in [2.45, 2.75) is 20.9 Å². The minimum Gasteiger partial charge on any atom is -0.219 e. The van der Waals surface area contributed by atoms with Gasteiger partial charge < -0.3 is 0 Å². The summed E-state index contributed by atoms with van der Waals surface area (Å²) in [5.74, 6) is -0.735. The maximum atomic E-state index is 13.0. The first-order valence-electron chi connectivity index (χ1n) is 6.54. The first-order valence-corrected chi connectivity index (χ1v) is 9.51. The molecule has 1 N–H and O–H groups in total. The highest BCUT2D eigenvalue weighted by Crippen LogP contribution is 2.34. The molecule has 0 bridgehead atoms. The highest BCUT2D eigenvalue weighted by molar-refractivity contribution is 7.91. The first kappa shape index (κ1) is 19.3. The second-order valence-electron chi connectivity index (χ2n) is 4.86. The number of rotatable bonds is 4. The molecule has 0 atom stereocenters. The fraction of sp³-hybridized carbons (Fsp3) is 0.143. The van der Waals surface area contributed by atoms with E-state index < -0.39 is 52.1 Å². The quantitative estimate of drug-likeness (QED) is 0.635. The Hall–Kier alpha value is -1.98. The van der Waals surface area contributed by atoms with Crippen LogP contribution in [0.2, 0.25) is 0 Å². The van der Waals surface area contributed by atoms with Crippen LogP contribution in [0.3, 0.4) is 0 Å². The van der Waals surface area contributed by atoms with Gasteiger partial charge >= 0.3 is 6.18 Å². The summed E-state index contributed by atoms with van der Waals surface area (Å²) >= 11 is 0. The van der Waals surface area contributed by atoms with Crippen LogP contribution in [0.4, 0.5) is 17.6 Å². The largest absolute Gasteiger partial charge is 0.416 e.